The minimum absolute atomic E-state index is 0.195. The Kier molecular flexibility index (Phi) is 6.72. The molecule has 0 aromatic rings. The molecule has 4 heteroatoms. The van der Waals surface area contributed by atoms with Crippen molar-refractivity contribution in [3.8, 4) is 0 Å². The Bertz CT molecular complexity index is 234. The van der Waals surface area contributed by atoms with E-state index in [9.17, 15) is 4.79 Å². The third-order valence-electron chi connectivity index (χ3n) is 2.26. The zero-order valence-corrected chi connectivity index (χ0v) is 12.3. The average molecular weight is 244 g/mol. The summed E-state index contributed by atoms with van der Waals surface area (Å²) in [5.74, 6) is -0.195. The number of ether oxygens (including phenoxy) is 1. The first kappa shape index (κ1) is 16.4. The monoisotopic (exact) mass is 244 g/mol. The molecule has 0 saturated carbocycles. The molecule has 0 bridgehead atoms. The van der Waals surface area contributed by atoms with Crippen LogP contribution in [0.2, 0.25) is 0 Å². The Morgan fingerprint density at radius 1 is 1.35 bits per heavy atom. The van der Waals surface area contributed by atoms with Crippen molar-refractivity contribution in [2.24, 2.45) is 5.41 Å². The maximum Gasteiger partial charge on any atom is 0.324 e. The summed E-state index contributed by atoms with van der Waals surface area (Å²) in [6.07, 6.45) is 0. The lowest BCUT2D eigenvalue weighted by Gasteiger charge is -2.29. The highest BCUT2D eigenvalue weighted by Crippen LogP contribution is 2.14. The highest BCUT2D eigenvalue weighted by Gasteiger charge is 2.23. The third kappa shape index (κ3) is 8.16. The van der Waals surface area contributed by atoms with E-state index in [1.165, 1.54) is 7.11 Å². The van der Waals surface area contributed by atoms with E-state index in [-0.39, 0.29) is 23.5 Å². The van der Waals surface area contributed by atoms with E-state index >= 15 is 0 Å². The van der Waals surface area contributed by atoms with E-state index < -0.39 is 0 Å². The zero-order chi connectivity index (χ0) is 13.6. The SMILES string of the molecule is COC(=O)C(CN(C)CC(C)(C)C)NC(C)C. The van der Waals surface area contributed by atoms with Crippen LogP contribution in [0.15, 0.2) is 0 Å². The summed E-state index contributed by atoms with van der Waals surface area (Å²) >= 11 is 0. The molecule has 102 valence electrons. The second kappa shape index (κ2) is 6.97. The Morgan fingerprint density at radius 3 is 2.24 bits per heavy atom. The first-order chi connectivity index (χ1) is 7.65. The molecule has 4 nitrogen and oxygen atoms in total. The van der Waals surface area contributed by atoms with E-state index in [0.717, 1.165) is 6.54 Å². The average Bonchev–Trinajstić information content (AvgIpc) is 2.11. The normalized spacial score (nSPS) is 14.2. The van der Waals surface area contributed by atoms with Gasteiger partial charge in [0.15, 0.2) is 0 Å². The van der Waals surface area contributed by atoms with E-state index in [1.807, 2.05) is 20.9 Å². The molecule has 0 spiro atoms. The Morgan fingerprint density at radius 2 is 1.88 bits per heavy atom. The predicted molar refractivity (Wildman–Crippen MR) is 71.0 cm³/mol. The molecule has 0 fully saturated rings. The van der Waals surface area contributed by atoms with Crippen LogP contribution < -0.4 is 5.32 Å². The van der Waals surface area contributed by atoms with Crippen LogP contribution in [-0.2, 0) is 9.53 Å². The van der Waals surface area contributed by atoms with Crippen LogP contribution in [0, 0.1) is 5.41 Å². The van der Waals surface area contributed by atoms with Gasteiger partial charge in [-0.1, -0.05) is 34.6 Å². The summed E-state index contributed by atoms with van der Waals surface area (Å²) in [5, 5.41) is 3.23. The van der Waals surface area contributed by atoms with Gasteiger partial charge in [0.25, 0.3) is 0 Å². The number of esters is 1. The van der Waals surface area contributed by atoms with Crippen LogP contribution in [0.4, 0.5) is 0 Å². The molecule has 0 heterocycles. The highest BCUT2D eigenvalue weighted by atomic mass is 16.5. The number of rotatable bonds is 6. The quantitative estimate of drug-likeness (QED) is 0.719. The molecular formula is C13H28N2O2. The fourth-order valence-electron chi connectivity index (χ4n) is 1.93. The summed E-state index contributed by atoms with van der Waals surface area (Å²) in [6.45, 7) is 12.2. The molecule has 1 unspecified atom stereocenters. The molecular weight excluding hydrogens is 216 g/mol. The van der Waals surface area contributed by atoms with Crippen molar-refractivity contribution in [2.45, 2.75) is 46.7 Å². The molecule has 0 radical (unpaired) electrons. The lowest BCUT2D eigenvalue weighted by atomic mass is 9.96. The van der Waals surface area contributed by atoms with Gasteiger partial charge in [0.2, 0.25) is 0 Å². The summed E-state index contributed by atoms with van der Waals surface area (Å²) in [7, 11) is 3.46. The number of methoxy groups -OCH3 is 1. The fraction of sp³-hybridized carbons (Fsp3) is 0.923. The van der Waals surface area contributed by atoms with Gasteiger partial charge in [-0.25, -0.2) is 0 Å². The van der Waals surface area contributed by atoms with Gasteiger partial charge in [0.1, 0.15) is 6.04 Å². The van der Waals surface area contributed by atoms with E-state index in [4.69, 9.17) is 4.74 Å². The Labute approximate surface area is 106 Å². The molecule has 0 aliphatic heterocycles. The lowest BCUT2D eigenvalue weighted by molar-refractivity contribution is -0.143. The number of hydrogen-bond acceptors (Lipinski definition) is 4. The van der Waals surface area contributed by atoms with Crippen molar-refractivity contribution >= 4 is 5.97 Å². The van der Waals surface area contributed by atoms with Gasteiger partial charge in [-0.15, -0.1) is 0 Å². The number of nitrogens with zero attached hydrogens (tertiary/aromatic N) is 1. The second-order valence-corrected chi connectivity index (χ2v) is 6.15. The van der Waals surface area contributed by atoms with Crippen molar-refractivity contribution in [1.82, 2.24) is 10.2 Å². The largest absolute Gasteiger partial charge is 0.468 e. The first-order valence-electron chi connectivity index (χ1n) is 6.18. The molecule has 0 aliphatic rings. The molecule has 0 rings (SSSR count). The Hall–Kier alpha value is -0.610. The minimum Gasteiger partial charge on any atom is -0.468 e. The maximum atomic E-state index is 11.6. The third-order valence-corrected chi connectivity index (χ3v) is 2.26. The highest BCUT2D eigenvalue weighted by molar-refractivity contribution is 5.75. The van der Waals surface area contributed by atoms with Crippen LogP contribution >= 0.6 is 0 Å². The van der Waals surface area contributed by atoms with Crippen LogP contribution in [0.3, 0.4) is 0 Å². The summed E-state index contributed by atoms with van der Waals surface area (Å²) in [5.41, 5.74) is 0.229. The molecule has 1 atom stereocenters. The number of hydrogen-bond donors (Lipinski definition) is 1. The van der Waals surface area contributed by atoms with Gasteiger partial charge in [-0.3, -0.25) is 4.79 Å². The van der Waals surface area contributed by atoms with Gasteiger partial charge in [0.05, 0.1) is 7.11 Å². The van der Waals surface area contributed by atoms with Crippen LogP contribution in [0.5, 0.6) is 0 Å². The fourth-order valence-corrected chi connectivity index (χ4v) is 1.93. The maximum absolute atomic E-state index is 11.6. The van der Waals surface area contributed by atoms with Crippen LogP contribution in [-0.4, -0.2) is 50.2 Å². The smallest absolute Gasteiger partial charge is 0.324 e. The molecule has 0 amide bonds. The molecule has 1 N–H and O–H groups in total. The van der Waals surface area contributed by atoms with Gasteiger partial charge in [-0.05, 0) is 12.5 Å². The molecule has 0 aromatic heterocycles. The zero-order valence-electron chi connectivity index (χ0n) is 12.3. The van der Waals surface area contributed by atoms with Crippen molar-refractivity contribution in [3.63, 3.8) is 0 Å². The van der Waals surface area contributed by atoms with Gasteiger partial charge < -0.3 is 15.0 Å². The molecule has 0 saturated heterocycles. The second-order valence-electron chi connectivity index (χ2n) is 6.15. The Balaban J connectivity index is 4.37. The van der Waals surface area contributed by atoms with Crippen LogP contribution in [0.1, 0.15) is 34.6 Å². The predicted octanol–water partition coefficient (Wildman–Crippen LogP) is 1.50. The number of nitrogens with one attached hydrogen (secondary N) is 1. The topological polar surface area (TPSA) is 41.6 Å². The van der Waals surface area contributed by atoms with Crippen molar-refractivity contribution < 1.29 is 9.53 Å². The first-order valence-corrected chi connectivity index (χ1v) is 6.18. The summed E-state index contributed by atoms with van der Waals surface area (Å²) in [4.78, 5) is 13.8. The van der Waals surface area contributed by atoms with Crippen molar-refractivity contribution in [1.29, 1.82) is 0 Å². The number of carbonyl (C=O) groups excluding carboxylic acids is 1. The van der Waals surface area contributed by atoms with E-state index in [2.05, 4.69) is 31.0 Å². The number of likely N-dealkylation sites (N-methyl/N-ethyl adjacent to an activating group) is 1. The molecule has 0 aromatic carbocycles. The lowest BCUT2D eigenvalue weighted by Crippen LogP contribution is -2.49. The summed E-state index contributed by atoms with van der Waals surface area (Å²) in [6, 6.07) is 0.00878. The summed E-state index contributed by atoms with van der Waals surface area (Å²) < 4.78 is 4.82. The number of carbonyl (C=O) groups is 1. The minimum atomic E-state index is -0.257. The van der Waals surface area contributed by atoms with Crippen molar-refractivity contribution in [3.05, 3.63) is 0 Å². The standard InChI is InChI=1S/C13H28N2O2/c1-10(2)14-11(12(16)17-7)8-15(6)9-13(3,4)5/h10-11,14H,8-9H2,1-7H3. The van der Waals surface area contributed by atoms with Crippen molar-refractivity contribution in [2.75, 3.05) is 27.2 Å². The molecule has 17 heavy (non-hydrogen) atoms. The van der Waals surface area contributed by atoms with E-state index in [1.54, 1.807) is 0 Å². The van der Waals surface area contributed by atoms with Gasteiger partial charge in [-0.2, -0.15) is 0 Å². The van der Waals surface area contributed by atoms with Gasteiger partial charge in [0, 0.05) is 19.1 Å². The van der Waals surface area contributed by atoms with Gasteiger partial charge >= 0.3 is 5.97 Å². The molecule has 0 aliphatic carbocycles. The van der Waals surface area contributed by atoms with Crippen LogP contribution in [0.25, 0.3) is 0 Å². The van der Waals surface area contributed by atoms with E-state index in [0.29, 0.717) is 6.54 Å².